The number of hydrazine groups is 1. The van der Waals surface area contributed by atoms with Gasteiger partial charge in [-0.1, -0.05) is 47.5 Å². The Balaban J connectivity index is 1.56. The highest BCUT2D eigenvalue weighted by Gasteiger charge is 2.30. The second-order valence-electron chi connectivity index (χ2n) is 6.43. The van der Waals surface area contributed by atoms with Crippen molar-refractivity contribution in [3.05, 3.63) is 81.9 Å². The van der Waals surface area contributed by atoms with Crippen LogP contribution in [0, 0.1) is 0 Å². The number of imidazole rings is 1. The molecule has 0 atom stereocenters. The molecule has 2 aromatic carbocycles. The molecule has 12 heteroatoms. The van der Waals surface area contributed by atoms with Crippen LogP contribution in [0.3, 0.4) is 0 Å². The van der Waals surface area contributed by atoms with Gasteiger partial charge in [-0.25, -0.2) is 4.98 Å². The highest BCUT2D eigenvalue weighted by atomic mass is 35.5. The molecule has 32 heavy (non-hydrogen) atoms. The number of carbonyl (C=O) groups excluding carboxylic acids is 2. The van der Waals surface area contributed by atoms with Crippen molar-refractivity contribution in [2.24, 2.45) is 0 Å². The third-order valence-corrected chi connectivity index (χ3v) is 4.94. The fraction of sp³-hybridized carbons (Fsp3) is 0.150. The van der Waals surface area contributed by atoms with Crippen LogP contribution in [0.15, 0.2) is 54.9 Å². The molecule has 2 amide bonds. The summed E-state index contributed by atoms with van der Waals surface area (Å²) in [4.78, 5) is 27.9. The summed E-state index contributed by atoms with van der Waals surface area (Å²) in [6.07, 6.45) is -3.13. The largest absolute Gasteiger partial charge is 0.483 e. The molecule has 0 aliphatic heterocycles. The SMILES string of the molecule is O=C(COc1ccccc1Cn1cnc(Cl)c1Cl)NNC(=O)c1cccc(C(F)(F)F)c1. The minimum Gasteiger partial charge on any atom is -0.483 e. The summed E-state index contributed by atoms with van der Waals surface area (Å²) in [5, 5.41) is 0.400. The number of rotatable bonds is 6. The average Bonchev–Trinajstić information content (AvgIpc) is 3.08. The molecule has 168 valence electrons. The first kappa shape index (κ1) is 23.4. The molecule has 1 heterocycles. The van der Waals surface area contributed by atoms with E-state index in [2.05, 4.69) is 10.4 Å². The molecule has 0 aliphatic rings. The van der Waals surface area contributed by atoms with Gasteiger partial charge in [0.05, 0.1) is 18.4 Å². The molecular formula is C20H15Cl2F3N4O3. The number of para-hydroxylation sites is 1. The van der Waals surface area contributed by atoms with Crippen LogP contribution in [0.25, 0.3) is 0 Å². The van der Waals surface area contributed by atoms with Gasteiger partial charge in [0.2, 0.25) is 0 Å². The van der Waals surface area contributed by atoms with Crippen LogP contribution < -0.4 is 15.6 Å². The molecule has 3 rings (SSSR count). The van der Waals surface area contributed by atoms with Crippen molar-refractivity contribution >= 4 is 35.0 Å². The topological polar surface area (TPSA) is 85.2 Å². The summed E-state index contributed by atoms with van der Waals surface area (Å²) >= 11 is 11.9. The molecule has 0 unspecified atom stereocenters. The van der Waals surface area contributed by atoms with Crippen LogP contribution in [0.1, 0.15) is 21.5 Å². The third kappa shape index (κ3) is 5.92. The van der Waals surface area contributed by atoms with Gasteiger partial charge >= 0.3 is 6.18 Å². The predicted octanol–water partition coefficient (Wildman–Crippen LogP) is 4.10. The maximum atomic E-state index is 12.8. The summed E-state index contributed by atoms with van der Waals surface area (Å²) < 4.78 is 45.4. The van der Waals surface area contributed by atoms with Crippen molar-refractivity contribution in [3.63, 3.8) is 0 Å². The molecule has 0 aliphatic carbocycles. The molecule has 0 spiro atoms. The molecular weight excluding hydrogens is 472 g/mol. The van der Waals surface area contributed by atoms with Crippen LogP contribution in [0.2, 0.25) is 10.3 Å². The first-order chi connectivity index (χ1) is 15.1. The summed E-state index contributed by atoms with van der Waals surface area (Å²) in [6.45, 7) is -0.180. The van der Waals surface area contributed by atoms with Crippen molar-refractivity contribution in [3.8, 4) is 5.75 Å². The maximum absolute atomic E-state index is 12.8. The Morgan fingerprint density at radius 3 is 2.50 bits per heavy atom. The number of aromatic nitrogens is 2. The van der Waals surface area contributed by atoms with Crippen LogP contribution in [-0.2, 0) is 17.5 Å². The Kier molecular flexibility index (Phi) is 7.26. The fourth-order valence-electron chi connectivity index (χ4n) is 2.63. The zero-order valence-corrected chi connectivity index (χ0v) is 17.6. The number of nitrogens with one attached hydrogen (secondary N) is 2. The minimum absolute atomic E-state index is 0.154. The lowest BCUT2D eigenvalue weighted by molar-refractivity contribution is -0.137. The average molecular weight is 487 g/mol. The number of alkyl halides is 3. The predicted molar refractivity (Wildman–Crippen MR) is 110 cm³/mol. The third-order valence-electron chi connectivity index (χ3n) is 4.17. The summed E-state index contributed by atoms with van der Waals surface area (Å²) in [5.41, 5.74) is 3.59. The van der Waals surface area contributed by atoms with Crippen molar-refractivity contribution < 1.29 is 27.5 Å². The Bertz CT molecular complexity index is 1140. The second-order valence-corrected chi connectivity index (χ2v) is 7.15. The molecule has 0 bridgehead atoms. The monoisotopic (exact) mass is 486 g/mol. The highest BCUT2D eigenvalue weighted by molar-refractivity contribution is 6.40. The number of carbonyl (C=O) groups is 2. The second kappa shape index (κ2) is 9.92. The van der Waals surface area contributed by atoms with E-state index in [9.17, 15) is 22.8 Å². The zero-order valence-electron chi connectivity index (χ0n) is 16.1. The first-order valence-electron chi connectivity index (χ1n) is 8.98. The Morgan fingerprint density at radius 1 is 1.06 bits per heavy atom. The van der Waals surface area contributed by atoms with Gasteiger partial charge in [-0.3, -0.25) is 20.4 Å². The molecule has 0 saturated carbocycles. The summed E-state index contributed by atoms with van der Waals surface area (Å²) in [7, 11) is 0. The van der Waals surface area contributed by atoms with Crippen molar-refractivity contribution in [1.82, 2.24) is 20.4 Å². The van der Waals surface area contributed by atoms with Crippen LogP contribution >= 0.6 is 23.2 Å². The summed E-state index contributed by atoms with van der Waals surface area (Å²) in [6, 6.07) is 10.7. The zero-order chi connectivity index (χ0) is 23.3. The van der Waals surface area contributed by atoms with Gasteiger partial charge in [-0.05, 0) is 24.3 Å². The molecule has 0 radical (unpaired) electrons. The number of ether oxygens (including phenoxy) is 1. The van der Waals surface area contributed by atoms with Crippen LogP contribution in [0.5, 0.6) is 5.75 Å². The van der Waals surface area contributed by atoms with Crippen molar-refractivity contribution in [1.29, 1.82) is 0 Å². The molecule has 0 fully saturated rings. The van der Waals surface area contributed by atoms with Crippen LogP contribution in [0.4, 0.5) is 13.2 Å². The molecule has 3 aromatic rings. The van der Waals surface area contributed by atoms with Gasteiger partial charge in [0.25, 0.3) is 11.8 Å². The van der Waals surface area contributed by atoms with Gasteiger partial charge in [-0.15, -0.1) is 0 Å². The number of benzene rings is 2. The molecule has 1 aromatic heterocycles. The maximum Gasteiger partial charge on any atom is 0.416 e. The minimum atomic E-state index is -4.59. The van der Waals surface area contributed by atoms with E-state index in [1.807, 2.05) is 5.43 Å². The van der Waals surface area contributed by atoms with E-state index in [-0.39, 0.29) is 22.4 Å². The first-order valence-corrected chi connectivity index (χ1v) is 9.74. The Morgan fingerprint density at radius 2 is 1.81 bits per heavy atom. The lowest BCUT2D eigenvalue weighted by atomic mass is 10.1. The number of nitrogens with zero attached hydrogens (tertiary/aromatic N) is 2. The normalized spacial score (nSPS) is 11.2. The Hall–Kier alpha value is -3.24. The highest BCUT2D eigenvalue weighted by Crippen LogP contribution is 2.29. The number of halogens is 5. The van der Waals surface area contributed by atoms with Gasteiger partial charge in [0.1, 0.15) is 10.9 Å². The number of hydrogen-bond acceptors (Lipinski definition) is 4. The van der Waals surface area contributed by atoms with E-state index in [4.69, 9.17) is 27.9 Å². The molecule has 7 nitrogen and oxygen atoms in total. The van der Waals surface area contributed by atoms with Crippen molar-refractivity contribution in [2.45, 2.75) is 12.7 Å². The van der Waals surface area contributed by atoms with Gasteiger partial charge in [0, 0.05) is 11.1 Å². The Labute approximate surface area is 190 Å². The van der Waals surface area contributed by atoms with Crippen molar-refractivity contribution in [2.75, 3.05) is 6.61 Å². The van der Waals surface area contributed by atoms with Gasteiger partial charge in [-0.2, -0.15) is 13.2 Å². The quantitative estimate of drug-likeness (QED) is 0.513. The van der Waals surface area contributed by atoms with E-state index < -0.39 is 30.2 Å². The van der Waals surface area contributed by atoms with E-state index in [0.29, 0.717) is 17.4 Å². The smallest absolute Gasteiger partial charge is 0.416 e. The lowest BCUT2D eigenvalue weighted by Crippen LogP contribution is -2.43. The lowest BCUT2D eigenvalue weighted by Gasteiger charge is -2.13. The number of hydrogen-bond donors (Lipinski definition) is 2. The fourth-order valence-corrected chi connectivity index (χ4v) is 2.93. The van der Waals surface area contributed by atoms with Crippen LogP contribution in [-0.4, -0.2) is 28.0 Å². The van der Waals surface area contributed by atoms with Gasteiger partial charge < -0.3 is 9.30 Å². The summed E-state index contributed by atoms with van der Waals surface area (Å²) in [5.74, 6) is -1.24. The molecule has 2 N–H and O–H groups in total. The molecule has 0 saturated heterocycles. The van der Waals surface area contributed by atoms with E-state index >= 15 is 0 Å². The van der Waals surface area contributed by atoms with E-state index in [1.165, 1.54) is 12.4 Å². The van der Waals surface area contributed by atoms with Gasteiger partial charge in [0.15, 0.2) is 11.8 Å². The van der Waals surface area contributed by atoms with E-state index in [1.54, 1.807) is 28.8 Å². The van der Waals surface area contributed by atoms with E-state index in [0.717, 1.165) is 12.1 Å². The standard InChI is InChI=1S/C20H15Cl2F3N4O3/c21-17-18(22)29(11-26-17)9-13-4-1-2-7-15(13)32-10-16(30)27-28-19(31)12-5-3-6-14(8-12)20(23,24)25/h1-8,11H,9-10H2,(H,27,30)(H,28,31). The number of amides is 2.